The molecule has 0 fully saturated rings. The van der Waals surface area contributed by atoms with Gasteiger partial charge in [-0.15, -0.1) is 0 Å². The molecule has 0 bridgehead atoms. The maximum absolute atomic E-state index is 11.5. The molecule has 140 valence electrons. The fourth-order valence-corrected chi connectivity index (χ4v) is 2.04. The van der Waals surface area contributed by atoms with Crippen molar-refractivity contribution in [2.75, 3.05) is 13.2 Å². The third-order valence-corrected chi connectivity index (χ3v) is 3.48. The molecule has 1 amide bonds. The first-order valence-corrected chi connectivity index (χ1v) is 7.74. The largest absolute Gasteiger partial charge is 0.482 e. The van der Waals surface area contributed by atoms with E-state index in [1.54, 1.807) is 0 Å². The van der Waals surface area contributed by atoms with Crippen molar-refractivity contribution in [3.63, 3.8) is 0 Å². The Morgan fingerprint density at radius 1 is 1.24 bits per heavy atom. The topological polar surface area (TPSA) is 152 Å². The fourth-order valence-electron chi connectivity index (χ4n) is 1.58. The SMILES string of the molecule is O=C(COc1ccc(Cl)cc1Cl)N/N=C\[C@H](O)[C@H](O)[C@@H](O)[C@H](O)CO. The molecule has 1 rings (SSSR count). The lowest BCUT2D eigenvalue weighted by molar-refractivity contribution is -0.123. The van der Waals surface area contributed by atoms with E-state index in [1.165, 1.54) is 18.2 Å². The molecule has 0 radical (unpaired) electrons. The number of nitrogens with one attached hydrogen (secondary N) is 1. The second-order valence-corrected chi connectivity index (χ2v) is 5.74. The van der Waals surface area contributed by atoms with E-state index in [1.807, 2.05) is 5.43 Å². The van der Waals surface area contributed by atoms with Crippen molar-refractivity contribution in [1.29, 1.82) is 0 Å². The van der Waals surface area contributed by atoms with Crippen LogP contribution in [0.4, 0.5) is 0 Å². The van der Waals surface area contributed by atoms with Gasteiger partial charge in [0.2, 0.25) is 0 Å². The quantitative estimate of drug-likeness (QED) is 0.229. The number of carbonyl (C=O) groups is 1. The predicted molar refractivity (Wildman–Crippen MR) is 89.7 cm³/mol. The Bertz CT molecular complexity index is 603. The van der Waals surface area contributed by atoms with Gasteiger partial charge in [-0.25, -0.2) is 5.43 Å². The highest BCUT2D eigenvalue weighted by Gasteiger charge is 2.29. The van der Waals surface area contributed by atoms with E-state index in [4.69, 9.17) is 38.2 Å². The smallest absolute Gasteiger partial charge is 0.277 e. The minimum atomic E-state index is -1.81. The number of hydrogen-bond acceptors (Lipinski definition) is 8. The van der Waals surface area contributed by atoms with Gasteiger partial charge in [0.25, 0.3) is 5.91 Å². The summed E-state index contributed by atoms with van der Waals surface area (Å²) in [6.45, 7) is -1.23. The van der Waals surface area contributed by atoms with Crippen LogP contribution in [0.3, 0.4) is 0 Å². The highest BCUT2D eigenvalue weighted by molar-refractivity contribution is 6.35. The van der Waals surface area contributed by atoms with Crippen LogP contribution in [-0.4, -0.2) is 75.3 Å². The van der Waals surface area contributed by atoms with Crippen molar-refractivity contribution in [2.24, 2.45) is 5.10 Å². The number of carbonyl (C=O) groups excluding carboxylic acids is 1. The van der Waals surface area contributed by atoms with Gasteiger partial charge in [-0.1, -0.05) is 23.2 Å². The van der Waals surface area contributed by atoms with E-state index in [-0.39, 0.29) is 10.8 Å². The van der Waals surface area contributed by atoms with Crippen LogP contribution in [0.25, 0.3) is 0 Å². The lowest BCUT2D eigenvalue weighted by Gasteiger charge is -2.23. The number of rotatable bonds is 9. The number of halogens is 2. The molecule has 4 atom stereocenters. The third kappa shape index (κ3) is 7.12. The zero-order chi connectivity index (χ0) is 19.0. The summed E-state index contributed by atoms with van der Waals surface area (Å²) in [5.74, 6) is -0.443. The van der Waals surface area contributed by atoms with Crippen LogP contribution in [-0.2, 0) is 4.79 Å². The zero-order valence-electron chi connectivity index (χ0n) is 12.8. The molecule has 1 aromatic carbocycles. The van der Waals surface area contributed by atoms with Gasteiger partial charge in [-0.3, -0.25) is 4.79 Å². The Hall–Kier alpha value is -1.46. The molecule has 0 unspecified atom stereocenters. The van der Waals surface area contributed by atoms with E-state index >= 15 is 0 Å². The van der Waals surface area contributed by atoms with Gasteiger partial charge in [0.05, 0.1) is 17.8 Å². The van der Waals surface area contributed by atoms with Crippen molar-refractivity contribution in [3.05, 3.63) is 28.2 Å². The lowest BCUT2D eigenvalue weighted by atomic mass is 10.0. The van der Waals surface area contributed by atoms with E-state index < -0.39 is 43.5 Å². The summed E-state index contributed by atoms with van der Waals surface area (Å²) in [6, 6.07) is 4.45. The minimum absolute atomic E-state index is 0.221. The van der Waals surface area contributed by atoms with Crippen molar-refractivity contribution in [2.45, 2.75) is 24.4 Å². The average molecular weight is 397 g/mol. The van der Waals surface area contributed by atoms with Gasteiger partial charge in [0.1, 0.15) is 30.2 Å². The van der Waals surface area contributed by atoms with Gasteiger partial charge in [0.15, 0.2) is 6.61 Å². The first-order valence-electron chi connectivity index (χ1n) is 6.99. The molecule has 1 aromatic rings. The molecular formula is C14H18Cl2N2O7. The summed E-state index contributed by atoms with van der Waals surface area (Å²) in [4.78, 5) is 11.5. The molecule has 0 saturated heterocycles. The molecule has 0 spiro atoms. The fraction of sp³-hybridized carbons (Fsp3) is 0.429. The van der Waals surface area contributed by atoms with Gasteiger partial charge >= 0.3 is 0 Å². The van der Waals surface area contributed by atoms with Crippen LogP contribution in [0.15, 0.2) is 23.3 Å². The van der Waals surface area contributed by atoms with Crippen molar-refractivity contribution in [3.8, 4) is 5.75 Å². The first kappa shape index (κ1) is 21.6. The molecule has 0 aromatic heterocycles. The summed E-state index contributed by atoms with van der Waals surface area (Å²) < 4.78 is 5.15. The van der Waals surface area contributed by atoms with Crippen LogP contribution in [0.5, 0.6) is 5.75 Å². The number of ether oxygens (including phenoxy) is 1. The summed E-state index contributed by atoms with van der Waals surface area (Å²) in [5.41, 5.74) is 2.02. The average Bonchev–Trinajstić information content (AvgIpc) is 2.58. The molecule has 9 nitrogen and oxygen atoms in total. The van der Waals surface area contributed by atoms with Crippen molar-refractivity contribution < 1.29 is 35.1 Å². The van der Waals surface area contributed by atoms with Gasteiger partial charge in [0, 0.05) is 5.02 Å². The summed E-state index contributed by atoms with van der Waals surface area (Å²) >= 11 is 11.6. The van der Waals surface area contributed by atoms with E-state index in [2.05, 4.69) is 5.10 Å². The maximum Gasteiger partial charge on any atom is 0.277 e. The highest BCUT2D eigenvalue weighted by atomic mass is 35.5. The molecule has 0 saturated carbocycles. The Balaban J connectivity index is 2.43. The third-order valence-electron chi connectivity index (χ3n) is 2.95. The summed E-state index contributed by atoms with van der Waals surface area (Å²) in [7, 11) is 0. The normalized spacial score (nSPS) is 16.3. The molecule has 0 heterocycles. The molecular weight excluding hydrogens is 379 g/mol. The van der Waals surface area contributed by atoms with Crippen LogP contribution in [0.2, 0.25) is 10.0 Å². The molecule has 11 heteroatoms. The van der Waals surface area contributed by atoms with E-state index in [0.717, 1.165) is 6.21 Å². The Labute approximate surface area is 153 Å². The number of amides is 1. The molecule has 0 aliphatic rings. The monoisotopic (exact) mass is 396 g/mol. The van der Waals surface area contributed by atoms with Crippen LogP contribution in [0, 0.1) is 0 Å². The molecule has 25 heavy (non-hydrogen) atoms. The number of hydrogen-bond donors (Lipinski definition) is 6. The lowest BCUT2D eigenvalue weighted by Crippen LogP contribution is -2.46. The van der Waals surface area contributed by atoms with Crippen molar-refractivity contribution in [1.82, 2.24) is 5.43 Å². The second-order valence-electron chi connectivity index (χ2n) is 4.90. The van der Waals surface area contributed by atoms with Crippen molar-refractivity contribution >= 4 is 35.3 Å². The standard InChI is InChI=1S/C14H18Cl2N2O7/c15-7-1-2-11(8(16)3-7)25-6-12(22)18-17-4-9(20)13(23)14(24)10(21)5-19/h1-4,9-10,13-14,19-21,23-24H,5-6H2,(H,18,22)/b17-4-/t9-,10+,13-,14-/m0/s1. The maximum atomic E-state index is 11.5. The van der Waals surface area contributed by atoms with Gasteiger partial charge in [-0.2, -0.15) is 5.10 Å². The van der Waals surface area contributed by atoms with E-state index in [0.29, 0.717) is 5.02 Å². The molecule has 0 aliphatic heterocycles. The van der Waals surface area contributed by atoms with Crippen LogP contribution >= 0.6 is 23.2 Å². The number of aliphatic hydroxyl groups is 5. The summed E-state index contributed by atoms with van der Waals surface area (Å²) in [5, 5.41) is 50.3. The van der Waals surface area contributed by atoms with Crippen LogP contribution < -0.4 is 10.2 Å². The second kappa shape index (κ2) is 10.5. The molecule has 6 N–H and O–H groups in total. The Morgan fingerprint density at radius 2 is 1.92 bits per heavy atom. The highest BCUT2D eigenvalue weighted by Crippen LogP contribution is 2.27. The number of benzene rings is 1. The predicted octanol–water partition coefficient (Wildman–Crippen LogP) is -1.09. The number of aliphatic hydroxyl groups excluding tert-OH is 5. The number of nitrogens with zero attached hydrogens (tertiary/aromatic N) is 1. The minimum Gasteiger partial charge on any atom is -0.482 e. The van der Waals surface area contributed by atoms with Crippen LogP contribution in [0.1, 0.15) is 0 Å². The summed E-state index contributed by atoms with van der Waals surface area (Å²) in [6.07, 6.45) is -6.19. The van der Waals surface area contributed by atoms with E-state index in [9.17, 15) is 20.1 Å². The van der Waals surface area contributed by atoms with Gasteiger partial charge in [-0.05, 0) is 18.2 Å². The van der Waals surface area contributed by atoms with Gasteiger partial charge < -0.3 is 30.3 Å². The zero-order valence-corrected chi connectivity index (χ0v) is 14.3. The Morgan fingerprint density at radius 3 is 2.52 bits per heavy atom. The first-order chi connectivity index (χ1) is 11.8. The molecule has 0 aliphatic carbocycles. The Kier molecular flexibility index (Phi) is 9.08. The number of hydrazone groups is 1.